The fourth-order valence-electron chi connectivity index (χ4n) is 10.5. The average molecular weight is 881 g/mol. The molecule has 6 heterocycles. The molecule has 0 N–H and O–H groups in total. The van der Waals surface area contributed by atoms with Crippen LogP contribution < -0.4 is 0 Å². The van der Waals surface area contributed by atoms with Crippen LogP contribution in [-0.4, -0.2) is 28.7 Å². The van der Waals surface area contributed by atoms with Crippen LogP contribution in [0.1, 0.15) is 0 Å². The van der Waals surface area contributed by atoms with E-state index in [1.165, 1.54) is 21.5 Å². The summed E-state index contributed by atoms with van der Waals surface area (Å²) >= 11 is 0. The van der Waals surface area contributed by atoms with Gasteiger partial charge in [0.05, 0.1) is 61.4 Å². The van der Waals surface area contributed by atoms with Gasteiger partial charge in [0.2, 0.25) is 0 Å². The van der Waals surface area contributed by atoms with Crippen molar-refractivity contribution in [3.05, 3.63) is 243 Å². The van der Waals surface area contributed by atoms with Gasteiger partial charge in [0.1, 0.15) is 5.82 Å². The topological polar surface area (TPSA) is 53.5 Å². The number of pyridine rings is 3. The van der Waals surface area contributed by atoms with Crippen molar-refractivity contribution in [2.24, 2.45) is 0 Å². The summed E-state index contributed by atoms with van der Waals surface area (Å²) in [5.41, 5.74) is 18.2. The maximum absolute atomic E-state index is 5.38. The first kappa shape index (κ1) is 38.8. The van der Waals surface area contributed by atoms with Gasteiger partial charge in [-0.2, -0.15) is 0 Å². The third-order valence-corrected chi connectivity index (χ3v) is 13.7. The lowest BCUT2D eigenvalue weighted by Gasteiger charge is -2.13. The summed E-state index contributed by atoms with van der Waals surface area (Å²) in [6.07, 6.45) is 1.87. The van der Waals surface area contributed by atoms with Crippen molar-refractivity contribution >= 4 is 65.5 Å². The Bertz CT molecular complexity index is 4240. The second-order valence-corrected chi connectivity index (χ2v) is 17.7. The molecular weight excluding hydrogens is 841 g/mol. The second-order valence-electron chi connectivity index (χ2n) is 17.7. The van der Waals surface area contributed by atoms with Gasteiger partial charge in [-0.15, -0.1) is 0 Å². The number of rotatable bonds is 7. The molecule has 0 radical (unpaired) electrons. The van der Waals surface area contributed by atoms with Crippen LogP contribution in [0, 0.1) is 0 Å². The van der Waals surface area contributed by atoms with Gasteiger partial charge < -0.3 is 9.13 Å². The Morgan fingerprint density at radius 2 is 0.754 bits per heavy atom. The minimum Gasteiger partial charge on any atom is -0.309 e. The van der Waals surface area contributed by atoms with Gasteiger partial charge in [-0.05, 0) is 108 Å². The van der Waals surface area contributed by atoms with Gasteiger partial charge in [-0.25, -0.2) is 9.97 Å². The van der Waals surface area contributed by atoms with E-state index in [9.17, 15) is 0 Å². The molecule has 0 amide bonds. The number of benzene rings is 8. The maximum atomic E-state index is 5.38. The Morgan fingerprint density at radius 1 is 0.261 bits per heavy atom. The Morgan fingerprint density at radius 3 is 1.41 bits per heavy atom. The highest BCUT2D eigenvalue weighted by molar-refractivity contribution is 6.13. The highest BCUT2D eigenvalue weighted by Crippen LogP contribution is 2.40. The quantitative estimate of drug-likeness (QED) is 0.160. The van der Waals surface area contributed by atoms with Crippen LogP contribution in [0.5, 0.6) is 0 Å². The van der Waals surface area contributed by atoms with Crippen molar-refractivity contribution in [2.75, 3.05) is 0 Å². The molecule has 8 aromatic carbocycles. The van der Waals surface area contributed by atoms with Crippen molar-refractivity contribution in [1.29, 1.82) is 0 Å². The minimum absolute atomic E-state index is 0.868. The first-order valence-corrected chi connectivity index (χ1v) is 23.3. The molecule has 6 aromatic heterocycles. The Kier molecular flexibility index (Phi) is 8.79. The molecule has 0 aliphatic heterocycles. The second kappa shape index (κ2) is 15.6. The smallest absolute Gasteiger partial charge is 0.138 e. The summed E-state index contributed by atoms with van der Waals surface area (Å²) in [6, 6.07) is 84.2. The molecule has 0 saturated carbocycles. The molecule has 0 aliphatic carbocycles. The zero-order valence-electron chi connectivity index (χ0n) is 37.3. The molecule has 0 bridgehead atoms. The molecule has 0 atom stereocenters. The number of para-hydroxylation sites is 3. The summed E-state index contributed by atoms with van der Waals surface area (Å²) < 4.78 is 6.99. The first-order chi connectivity index (χ1) is 34.2. The van der Waals surface area contributed by atoms with Crippen LogP contribution in [0.4, 0.5) is 0 Å². The number of nitrogens with zero attached hydrogens (tertiary/aromatic N) is 6. The molecule has 14 aromatic rings. The van der Waals surface area contributed by atoms with Gasteiger partial charge in [0.25, 0.3) is 0 Å². The maximum Gasteiger partial charge on any atom is 0.138 e. The summed E-state index contributed by atoms with van der Waals surface area (Å²) in [4.78, 5) is 15.4. The standard InChI is InChI=1S/C63H40N6/c1-4-16-41(17-5-1)54-39-47(40-55(65-54)42-18-6-2-7-19-42)68-56-25-12-10-22-48(56)50-36-43(29-32-58(50)68)44-30-33-59-51(37-44)49-23-11-13-26-57(49)69(59)62-28-14-24-53(66-62)45-31-34-60-52(38-45)63-61(27-15-35-64-63)67(60)46-20-8-3-9-21-46/h1-40H. The Hall–Kier alpha value is -9.39. The van der Waals surface area contributed by atoms with Crippen LogP contribution in [0.2, 0.25) is 0 Å². The molecule has 0 spiro atoms. The normalized spacial score (nSPS) is 11.8. The summed E-state index contributed by atoms with van der Waals surface area (Å²) in [5.74, 6) is 0.868. The van der Waals surface area contributed by atoms with Crippen LogP contribution >= 0.6 is 0 Å². The van der Waals surface area contributed by atoms with Crippen molar-refractivity contribution in [3.8, 4) is 62.1 Å². The minimum atomic E-state index is 0.868. The van der Waals surface area contributed by atoms with Crippen molar-refractivity contribution < 1.29 is 0 Å². The van der Waals surface area contributed by atoms with Gasteiger partial charge in [0, 0.05) is 55.5 Å². The van der Waals surface area contributed by atoms with Crippen molar-refractivity contribution in [3.63, 3.8) is 0 Å². The van der Waals surface area contributed by atoms with E-state index in [1.807, 2.05) is 12.3 Å². The highest BCUT2D eigenvalue weighted by atomic mass is 15.1. The van der Waals surface area contributed by atoms with E-state index in [4.69, 9.17) is 15.0 Å². The Balaban J connectivity index is 0.881. The molecule has 6 nitrogen and oxygen atoms in total. The molecular formula is C63H40N6. The summed E-state index contributed by atoms with van der Waals surface area (Å²) in [7, 11) is 0. The van der Waals surface area contributed by atoms with Crippen LogP contribution in [0.25, 0.3) is 128 Å². The fraction of sp³-hybridized carbons (Fsp3) is 0. The van der Waals surface area contributed by atoms with Gasteiger partial charge in [0.15, 0.2) is 0 Å². The van der Waals surface area contributed by atoms with Crippen LogP contribution in [0.3, 0.4) is 0 Å². The molecule has 0 saturated heterocycles. The largest absolute Gasteiger partial charge is 0.309 e. The van der Waals surface area contributed by atoms with E-state index in [0.717, 1.165) is 106 Å². The average Bonchev–Trinajstić information content (AvgIpc) is 4.06. The van der Waals surface area contributed by atoms with Crippen molar-refractivity contribution in [1.82, 2.24) is 28.7 Å². The zero-order chi connectivity index (χ0) is 45.4. The van der Waals surface area contributed by atoms with Crippen LogP contribution in [0.15, 0.2) is 243 Å². The predicted octanol–water partition coefficient (Wildman–Crippen LogP) is 15.8. The van der Waals surface area contributed by atoms with E-state index in [-0.39, 0.29) is 0 Å². The van der Waals surface area contributed by atoms with E-state index < -0.39 is 0 Å². The first-order valence-electron chi connectivity index (χ1n) is 23.3. The van der Waals surface area contributed by atoms with Gasteiger partial charge >= 0.3 is 0 Å². The third kappa shape index (κ3) is 6.30. The van der Waals surface area contributed by atoms with E-state index in [1.54, 1.807) is 0 Å². The molecule has 0 unspecified atom stereocenters. The molecule has 0 aliphatic rings. The van der Waals surface area contributed by atoms with E-state index in [0.29, 0.717) is 0 Å². The zero-order valence-corrected chi connectivity index (χ0v) is 37.3. The molecule has 69 heavy (non-hydrogen) atoms. The SMILES string of the molecule is c1ccc(-c2cc(-n3c4ccccc4c4cc(-c5ccc6c(c5)c5ccccc5n6-c5cccc(-c6ccc7c(c6)c6ncccc6n7-c6ccccc6)n5)ccc43)cc(-c3ccccc3)n2)cc1. The lowest BCUT2D eigenvalue weighted by Crippen LogP contribution is -1.98. The number of hydrogen-bond donors (Lipinski definition) is 0. The summed E-state index contributed by atoms with van der Waals surface area (Å²) in [6.45, 7) is 0. The summed E-state index contributed by atoms with van der Waals surface area (Å²) in [5, 5.41) is 5.86. The number of hydrogen-bond acceptors (Lipinski definition) is 3. The van der Waals surface area contributed by atoms with Gasteiger partial charge in [-0.3, -0.25) is 9.55 Å². The molecule has 0 fully saturated rings. The third-order valence-electron chi connectivity index (χ3n) is 13.7. The molecule has 14 rings (SSSR count). The van der Waals surface area contributed by atoms with Crippen molar-refractivity contribution in [2.45, 2.75) is 0 Å². The van der Waals surface area contributed by atoms with E-state index >= 15 is 0 Å². The number of aromatic nitrogens is 6. The molecule has 6 heteroatoms. The van der Waals surface area contributed by atoms with Gasteiger partial charge in [-0.1, -0.05) is 140 Å². The monoisotopic (exact) mass is 880 g/mol. The predicted molar refractivity (Wildman–Crippen MR) is 285 cm³/mol. The highest BCUT2D eigenvalue weighted by Gasteiger charge is 2.20. The fourth-order valence-corrected chi connectivity index (χ4v) is 10.5. The number of fused-ring (bicyclic) bond motifs is 9. The Labute approximate surface area is 397 Å². The lowest BCUT2D eigenvalue weighted by atomic mass is 10.0. The molecule has 322 valence electrons. The van der Waals surface area contributed by atoms with E-state index in [2.05, 4.69) is 244 Å². The lowest BCUT2D eigenvalue weighted by molar-refractivity contribution is 1.08. The van der Waals surface area contributed by atoms with Crippen LogP contribution in [-0.2, 0) is 0 Å².